The highest BCUT2D eigenvalue weighted by Gasteiger charge is 2.25. The van der Waals surface area contributed by atoms with Gasteiger partial charge in [0.05, 0.1) is 11.7 Å². The minimum Gasteiger partial charge on any atom is -0.484 e. The summed E-state index contributed by atoms with van der Waals surface area (Å²) in [6.07, 6.45) is 5.04. The van der Waals surface area contributed by atoms with E-state index in [9.17, 15) is 0 Å². The number of hydrogen-bond donors (Lipinski definition) is 1. The molecule has 2 N–H and O–H groups in total. The van der Waals surface area contributed by atoms with Gasteiger partial charge in [0.25, 0.3) is 0 Å². The summed E-state index contributed by atoms with van der Waals surface area (Å²) in [6, 6.07) is 16.2. The molecule has 0 bridgehead atoms. The van der Waals surface area contributed by atoms with Crippen LogP contribution in [-0.4, -0.2) is 22.4 Å². The third-order valence-corrected chi connectivity index (χ3v) is 5.51. The fourth-order valence-electron chi connectivity index (χ4n) is 3.76. The molecule has 1 unspecified atom stereocenters. The van der Waals surface area contributed by atoms with Crippen molar-refractivity contribution in [3.63, 3.8) is 0 Å². The monoisotopic (exact) mass is 379 g/mol. The van der Waals surface area contributed by atoms with E-state index in [1.807, 2.05) is 41.2 Å². The lowest BCUT2D eigenvalue weighted by Gasteiger charge is -2.28. The van der Waals surface area contributed by atoms with Crippen LogP contribution in [0, 0.1) is 5.92 Å². The lowest BCUT2D eigenvalue weighted by Crippen LogP contribution is -2.36. The molecule has 148 valence electrons. The third kappa shape index (κ3) is 3.91. The lowest BCUT2D eigenvalue weighted by molar-refractivity contribution is -0.0366. The number of fused-ring (bicyclic) bond motifs is 1. The van der Waals surface area contributed by atoms with Crippen LogP contribution in [0.5, 0.6) is 5.75 Å². The highest BCUT2D eigenvalue weighted by atomic mass is 16.5. The Kier molecular flexibility index (Phi) is 5.64. The summed E-state index contributed by atoms with van der Waals surface area (Å²) < 4.78 is 14.3. The molecular formula is C23H29N3O2. The van der Waals surface area contributed by atoms with Crippen LogP contribution in [0.4, 0.5) is 0 Å². The number of nitrogens with two attached hydrogens (primary N) is 1. The van der Waals surface area contributed by atoms with Crippen molar-refractivity contribution in [1.82, 2.24) is 9.78 Å². The smallest absolute Gasteiger partial charge is 0.150 e. The minimum atomic E-state index is -0.199. The standard InChI is InChI=1S/C23H29N3O2/c1-16(2)22(24)23(17-8-4-3-5-9-17)28-19-11-12-20-18(14-19)15-25-26(20)21-10-6-7-13-27-21/h3-5,8-9,11-12,14-16,21-23H,6-7,10,13,24H2,1-2H3/t21?,22-,23+/m0/s1. The van der Waals surface area contributed by atoms with Crippen molar-refractivity contribution < 1.29 is 9.47 Å². The molecule has 5 nitrogen and oxygen atoms in total. The predicted octanol–water partition coefficient (Wildman–Crippen LogP) is 4.84. The summed E-state index contributed by atoms with van der Waals surface area (Å²) in [5, 5.41) is 5.62. The van der Waals surface area contributed by atoms with E-state index >= 15 is 0 Å². The number of aromatic nitrogens is 2. The van der Waals surface area contributed by atoms with Gasteiger partial charge in [-0.3, -0.25) is 0 Å². The van der Waals surface area contributed by atoms with E-state index in [4.69, 9.17) is 15.2 Å². The molecule has 1 aliphatic heterocycles. The maximum atomic E-state index is 6.50. The van der Waals surface area contributed by atoms with Crippen molar-refractivity contribution in [1.29, 1.82) is 0 Å². The maximum absolute atomic E-state index is 6.50. The van der Waals surface area contributed by atoms with Crippen molar-refractivity contribution in [2.75, 3.05) is 6.61 Å². The van der Waals surface area contributed by atoms with Gasteiger partial charge in [-0.05, 0) is 48.9 Å². The molecular weight excluding hydrogens is 350 g/mol. The third-order valence-electron chi connectivity index (χ3n) is 5.51. The van der Waals surface area contributed by atoms with E-state index in [-0.39, 0.29) is 18.4 Å². The topological polar surface area (TPSA) is 62.3 Å². The van der Waals surface area contributed by atoms with Crippen LogP contribution in [0.15, 0.2) is 54.7 Å². The Labute approximate surface area is 166 Å². The molecule has 3 aromatic rings. The Morgan fingerprint density at radius 2 is 1.96 bits per heavy atom. The van der Waals surface area contributed by atoms with Gasteiger partial charge in [0.1, 0.15) is 11.9 Å². The molecule has 0 amide bonds. The van der Waals surface area contributed by atoms with Crippen molar-refractivity contribution in [2.24, 2.45) is 11.7 Å². The highest BCUT2D eigenvalue weighted by Crippen LogP contribution is 2.31. The second-order valence-corrected chi connectivity index (χ2v) is 7.90. The van der Waals surface area contributed by atoms with Crippen LogP contribution < -0.4 is 10.5 Å². The van der Waals surface area contributed by atoms with Gasteiger partial charge >= 0.3 is 0 Å². The van der Waals surface area contributed by atoms with Crippen molar-refractivity contribution in [3.8, 4) is 5.75 Å². The van der Waals surface area contributed by atoms with Crippen molar-refractivity contribution >= 4 is 10.9 Å². The number of hydrogen-bond acceptors (Lipinski definition) is 4. The zero-order chi connectivity index (χ0) is 19.5. The molecule has 1 saturated heterocycles. The van der Waals surface area contributed by atoms with E-state index < -0.39 is 0 Å². The average molecular weight is 380 g/mol. The number of benzene rings is 2. The fraction of sp³-hybridized carbons (Fsp3) is 0.435. The van der Waals surface area contributed by atoms with E-state index in [2.05, 4.69) is 37.1 Å². The molecule has 0 spiro atoms. The fourth-order valence-corrected chi connectivity index (χ4v) is 3.76. The Balaban J connectivity index is 1.60. The molecule has 1 fully saturated rings. The molecule has 1 aromatic heterocycles. The molecule has 5 heteroatoms. The molecule has 3 atom stereocenters. The molecule has 2 aromatic carbocycles. The van der Waals surface area contributed by atoms with Gasteiger partial charge in [-0.2, -0.15) is 5.10 Å². The maximum Gasteiger partial charge on any atom is 0.150 e. The second kappa shape index (κ2) is 8.33. The number of rotatable bonds is 6. The largest absolute Gasteiger partial charge is 0.484 e. The van der Waals surface area contributed by atoms with Crippen molar-refractivity contribution in [3.05, 3.63) is 60.3 Å². The van der Waals surface area contributed by atoms with Crippen LogP contribution >= 0.6 is 0 Å². The molecule has 0 aliphatic carbocycles. The van der Waals surface area contributed by atoms with E-state index in [1.54, 1.807) is 0 Å². The predicted molar refractivity (Wildman–Crippen MR) is 111 cm³/mol. The summed E-state index contributed by atoms with van der Waals surface area (Å²) in [6.45, 7) is 5.06. The van der Waals surface area contributed by atoms with E-state index in [0.717, 1.165) is 41.7 Å². The van der Waals surface area contributed by atoms with Crippen LogP contribution in [0.3, 0.4) is 0 Å². The Morgan fingerprint density at radius 3 is 2.68 bits per heavy atom. The second-order valence-electron chi connectivity index (χ2n) is 7.90. The van der Waals surface area contributed by atoms with Gasteiger partial charge in [-0.25, -0.2) is 4.68 Å². The average Bonchev–Trinajstić information content (AvgIpc) is 3.16. The van der Waals surface area contributed by atoms with E-state index in [0.29, 0.717) is 5.92 Å². The van der Waals surface area contributed by atoms with Crippen LogP contribution in [0.1, 0.15) is 51.0 Å². The zero-order valence-corrected chi connectivity index (χ0v) is 16.6. The van der Waals surface area contributed by atoms with Gasteiger partial charge in [-0.15, -0.1) is 0 Å². The minimum absolute atomic E-state index is 0.0319. The summed E-state index contributed by atoms with van der Waals surface area (Å²) in [5.41, 5.74) is 8.66. The molecule has 1 aliphatic rings. The number of ether oxygens (including phenoxy) is 2. The quantitative estimate of drug-likeness (QED) is 0.666. The van der Waals surface area contributed by atoms with Crippen LogP contribution in [0.2, 0.25) is 0 Å². The molecule has 0 radical (unpaired) electrons. The Morgan fingerprint density at radius 1 is 1.14 bits per heavy atom. The Hall–Kier alpha value is -2.37. The van der Waals surface area contributed by atoms with Gasteiger partial charge in [0.2, 0.25) is 0 Å². The molecule has 2 heterocycles. The highest BCUT2D eigenvalue weighted by molar-refractivity contribution is 5.80. The van der Waals surface area contributed by atoms with Gasteiger partial charge in [0.15, 0.2) is 6.23 Å². The molecule has 28 heavy (non-hydrogen) atoms. The van der Waals surface area contributed by atoms with Gasteiger partial charge in [-0.1, -0.05) is 44.2 Å². The first-order valence-corrected chi connectivity index (χ1v) is 10.2. The van der Waals surface area contributed by atoms with Crippen LogP contribution in [0.25, 0.3) is 10.9 Å². The lowest BCUT2D eigenvalue weighted by atomic mass is 9.94. The first-order valence-electron chi connectivity index (χ1n) is 10.2. The summed E-state index contributed by atoms with van der Waals surface area (Å²) >= 11 is 0. The first-order chi connectivity index (χ1) is 13.6. The van der Waals surface area contributed by atoms with Gasteiger partial charge in [0, 0.05) is 18.0 Å². The van der Waals surface area contributed by atoms with Crippen LogP contribution in [-0.2, 0) is 4.74 Å². The summed E-state index contributed by atoms with van der Waals surface area (Å²) in [5.74, 6) is 1.11. The summed E-state index contributed by atoms with van der Waals surface area (Å²) in [4.78, 5) is 0. The zero-order valence-electron chi connectivity index (χ0n) is 16.6. The molecule has 4 rings (SSSR count). The summed E-state index contributed by atoms with van der Waals surface area (Å²) in [7, 11) is 0. The van der Waals surface area contributed by atoms with Crippen molar-refractivity contribution in [2.45, 2.75) is 51.5 Å². The van der Waals surface area contributed by atoms with E-state index in [1.165, 1.54) is 6.42 Å². The first kappa shape index (κ1) is 19.0. The normalized spacial score (nSPS) is 19.6. The Bertz CT molecular complexity index is 901. The SMILES string of the molecule is CC(C)[C@H](N)[C@H](Oc1ccc2c(cnn2C2CCCCO2)c1)c1ccccc1. The molecule has 0 saturated carbocycles. The van der Waals surface area contributed by atoms with Gasteiger partial charge < -0.3 is 15.2 Å². The number of nitrogens with zero attached hydrogens (tertiary/aromatic N) is 2.